The number of fused-ring (bicyclic) bond motifs is 1. The molecule has 136 valence electrons. The average Bonchev–Trinajstić information content (AvgIpc) is 3.06. The number of ether oxygens (including phenoxy) is 1. The topological polar surface area (TPSA) is 102 Å². The van der Waals surface area contributed by atoms with Crippen LogP contribution < -0.4 is 5.73 Å². The van der Waals surface area contributed by atoms with Crippen molar-refractivity contribution in [2.75, 3.05) is 7.11 Å². The van der Waals surface area contributed by atoms with Crippen molar-refractivity contribution in [1.29, 1.82) is 0 Å². The minimum atomic E-state index is -4.06. The molecule has 1 heterocycles. The van der Waals surface area contributed by atoms with Gasteiger partial charge in [0.1, 0.15) is 0 Å². The van der Waals surface area contributed by atoms with E-state index in [1.165, 1.54) is 12.1 Å². The number of methoxy groups -OCH3 is 1. The number of rotatable bonds is 5. The second-order valence-electron chi connectivity index (χ2n) is 5.76. The molecule has 0 amide bonds. The number of hydrogen-bond acceptors (Lipinski definition) is 5. The summed E-state index contributed by atoms with van der Waals surface area (Å²) in [6, 6.07) is 12.3. The molecule has 3 rings (SSSR count). The van der Waals surface area contributed by atoms with Gasteiger partial charge in [-0.25, -0.2) is 8.42 Å². The van der Waals surface area contributed by atoms with Crippen LogP contribution in [0.25, 0.3) is 10.9 Å². The first-order valence-corrected chi connectivity index (χ1v) is 10.1. The maximum Gasteiger partial charge on any atom is 0.326 e. The Hall–Kier alpha value is -2.16. The van der Waals surface area contributed by atoms with E-state index < -0.39 is 27.1 Å². The largest absolute Gasteiger partial charge is 0.468 e. The van der Waals surface area contributed by atoms with Crippen LogP contribution in [-0.4, -0.2) is 31.7 Å². The van der Waals surface area contributed by atoms with Gasteiger partial charge < -0.3 is 15.5 Å². The van der Waals surface area contributed by atoms with Crippen LogP contribution in [0, 0.1) is 0 Å². The van der Waals surface area contributed by atoms with Crippen LogP contribution in [-0.2, 0) is 19.4 Å². The predicted molar refractivity (Wildman–Crippen MR) is 102 cm³/mol. The SMILES string of the molecule is COC(=O)C(C(N)c1c[nH]c2ccccc12)S(=O)(=O)c1ccc(Br)cc1. The molecule has 0 aliphatic rings. The fourth-order valence-corrected chi connectivity index (χ4v) is 4.84. The van der Waals surface area contributed by atoms with Crippen molar-refractivity contribution in [2.24, 2.45) is 5.73 Å². The Kier molecular flexibility index (Phi) is 5.17. The lowest BCUT2D eigenvalue weighted by Crippen LogP contribution is -2.41. The third kappa shape index (κ3) is 3.27. The highest BCUT2D eigenvalue weighted by Crippen LogP contribution is 2.31. The number of benzene rings is 2. The Morgan fingerprint density at radius 2 is 1.81 bits per heavy atom. The van der Waals surface area contributed by atoms with Gasteiger partial charge in [-0.2, -0.15) is 0 Å². The molecule has 2 atom stereocenters. The van der Waals surface area contributed by atoms with E-state index in [9.17, 15) is 13.2 Å². The second-order valence-corrected chi connectivity index (χ2v) is 8.74. The molecule has 2 unspecified atom stereocenters. The third-order valence-corrected chi connectivity index (χ3v) is 6.83. The smallest absolute Gasteiger partial charge is 0.326 e. The summed E-state index contributed by atoms with van der Waals surface area (Å²) in [5.74, 6) is -0.898. The average molecular weight is 437 g/mol. The Labute approximate surface area is 159 Å². The summed E-state index contributed by atoms with van der Waals surface area (Å²) in [6.45, 7) is 0. The zero-order valence-corrected chi connectivity index (χ0v) is 16.2. The predicted octanol–water partition coefficient (Wildman–Crippen LogP) is 2.95. The number of aromatic amines is 1. The van der Waals surface area contributed by atoms with Gasteiger partial charge in [-0.1, -0.05) is 34.1 Å². The molecule has 6 nitrogen and oxygen atoms in total. The monoisotopic (exact) mass is 436 g/mol. The number of H-pyrrole nitrogens is 1. The van der Waals surface area contributed by atoms with Gasteiger partial charge in [0.15, 0.2) is 15.1 Å². The number of nitrogens with one attached hydrogen (secondary N) is 1. The highest BCUT2D eigenvalue weighted by atomic mass is 79.9. The number of nitrogens with two attached hydrogens (primary N) is 1. The molecule has 3 N–H and O–H groups in total. The van der Waals surface area contributed by atoms with Crippen LogP contribution in [0.3, 0.4) is 0 Å². The van der Waals surface area contributed by atoms with Crippen LogP contribution in [0.4, 0.5) is 0 Å². The molecule has 26 heavy (non-hydrogen) atoms. The van der Waals surface area contributed by atoms with E-state index >= 15 is 0 Å². The number of para-hydroxylation sites is 1. The normalized spacial score (nSPS) is 14.1. The molecule has 0 fully saturated rings. The standard InChI is InChI=1S/C18H17BrN2O4S/c1-25-18(22)17(26(23,24)12-8-6-11(19)7-9-12)16(20)14-10-21-15-5-3-2-4-13(14)15/h2-10,16-17,21H,20H2,1H3. The van der Waals surface area contributed by atoms with Gasteiger partial charge in [-0.05, 0) is 35.9 Å². The van der Waals surface area contributed by atoms with Crippen LogP contribution in [0.2, 0.25) is 0 Å². The van der Waals surface area contributed by atoms with E-state index in [-0.39, 0.29) is 4.90 Å². The fourth-order valence-electron chi connectivity index (χ4n) is 2.89. The highest BCUT2D eigenvalue weighted by molar-refractivity contribution is 9.10. The molecule has 3 aromatic rings. The van der Waals surface area contributed by atoms with Gasteiger partial charge in [0.25, 0.3) is 0 Å². The summed E-state index contributed by atoms with van der Waals surface area (Å²) < 4.78 is 31.7. The molecule has 0 saturated carbocycles. The molecule has 0 saturated heterocycles. The lowest BCUT2D eigenvalue weighted by atomic mass is 10.0. The van der Waals surface area contributed by atoms with Crippen LogP contribution in [0.15, 0.2) is 64.1 Å². The van der Waals surface area contributed by atoms with Gasteiger partial charge in [0.05, 0.1) is 18.0 Å². The summed E-state index contributed by atoms with van der Waals surface area (Å²) >= 11 is 3.26. The quantitative estimate of drug-likeness (QED) is 0.598. The highest BCUT2D eigenvalue weighted by Gasteiger charge is 2.41. The Morgan fingerprint density at radius 3 is 2.46 bits per heavy atom. The van der Waals surface area contributed by atoms with Crippen molar-refractivity contribution in [3.8, 4) is 0 Å². The van der Waals surface area contributed by atoms with Gasteiger partial charge in [0, 0.05) is 21.6 Å². The lowest BCUT2D eigenvalue weighted by molar-refractivity contribution is -0.140. The van der Waals surface area contributed by atoms with Crippen molar-refractivity contribution in [3.05, 3.63) is 64.8 Å². The van der Waals surface area contributed by atoms with Crippen molar-refractivity contribution in [2.45, 2.75) is 16.2 Å². The molecule has 8 heteroatoms. The molecule has 0 aliphatic carbocycles. The van der Waals surface area contributed by atoms with Gasteiger partial charge in [-0.15, -0.1) is 0 Å². The summed E-state index contributed by atoms with van der Waals surface area (Å²) in [5, 5.41) is -0.798. The van der Waals surface area contributed by atoms with Gasteiger partial charge in [0.2, 0.25) is 0 Å². The first-order chi connectivity index (χ1) is 12.4. The van der Waals surface area contributed by atoms with Crippen LogP contribution in [0.1, 0.15) is 11.6 Å². The Morgan fingerprint density at radius 1 is 1.15 bits per heavy atom. The second kappa shape index (κ2) is 7.22. The van der Waals surface area contributed by atoms with E-state index in [2.05, 4.69) is 20.9 Å². The van der Waals surface area contributed by atoms with E-state index in [0.29, 0.717) is 5.56 Å². The molecule has 0 radical (unpaired) electrons. The number of carbonyl (C=O) groups is 1. The number of aromatic nitrogens is 1. The molecule has 0 aliphatic heterocycles. The summed E-state index contributed by atoms with van der Waals surface area (Å²) in [6.07, 6.45) is 1.63. The van der Waals surface area contributed by atoms with Crippen molar-refractivity contribution >= 4 is 42.6 Å². The summed E-state index contributed by atoms with van der Waals surface area (Å²) in [7, 11) is -2.91. The molecule has 1 aromatic heterocycles. The number of halogens is 1. The molecular formula is C18H17BrN2O4S. The van der Waals surface area contributed by atoms with E-state index in [0.717, 1.165) is 22.5 Å². The Balaban J connectivity index is 2.11. The molecule has 0 bridgehead atoms. The number of hydrogen-bond donors (Lipinski definition) is 2. The number of esters is 1. The maximum absolute atomic E-state index is 13.1. The van der Waals surface area contributed by atoms with Crippen LogP contribution in [0.5, 0.6) is 0 Å². The van der Waals surface area contributed by atoms with Crippen molar-refractivity contribution in [1.82, 2.24) is 4.98 Å². The zero-order valence-electron chi connectivity index (χ0n) is 13.8. The lowest BCUT2D eigenvalue weighted by Gasteiger charge is -2.22. The minimum Gasteiger partial charge on any atom is -0.468 e. The maximum atomic E-state index is 13.1. The van der Waals surface area contributed by atoms with Gasteiger partial charge in [-0.3, -0.25) is 4.79 Å². The van der Waals surface area contributed by atoms with E-state index in [1.54, 1.807) is 18.3 Å². The number of carbonyl (C=O) groups excluding carboxylic acids is 1. The zero-order chi connectivity index (χ0) is 18.9. The molecule has 2 aromatic carbocycles. The van der Waals surface area contributed by atoms with Crippen LogP contribution >= 0.6 is 15.9 Å². The van der Waals surface area contributed by atoms with E-state index in [4.69, 9.17) is 10.5 Å². The Bertz CT molecular complexity index is 1040. The summed E-state index contributed by atoms with van der Waals surface area (Å²) in [5.41, 5.74) is 7.62. The van der Waals surface area contributed by atoms with Gasteiger partial charge >= 0.3 is 5.97 Å². The first-order valence-electron chi connectivity index (χ1n) is 7.75. The first kappa shape index (κ1) is 18.6. The minimum absolute atomic E-state index is 0.00592. The fraction of sp³-hybridized carbons (Fsp3) is 0.167. The third-order valence-electron chi connectivity index (χ3n) is 4.22. The molecule has 0 spiro atoms. The molecular weight excluding hydrogens is 420 g/mol. The number of sulfone groups is 1. The van der Waals surface area contributed by atoms with Crippen molar-refractivity contribution in [3.63, 3.8) is 0 Å². The van der Waals surface area contributed by atoms with E-state index in [1.807, 2.05) is 24.3 Å². The van der Waals surface area contributed by atoms with Crippen molar-refractivity contribution < 1.29 is 17.9 Å². The summed E-state index contributed by atoms with van der Waals surface area (Å²) in [4.78, 5) is 15.4.